The Labute approximate surface area is 89.9 Å². The Morgan fingerprint density at radius 3 is 2.73 bits per heavy atom. The van der Waals surface area contributed by atoms with E-state index in [1.165, 1.54) is 0 Å². The predicted molar refractivity (Wildman–Crippen MR) is 53.1 cm³/mol. The van der Waals surface area contributed by atoms with Crippen molar-refractivity contribution in [3.05, 3.63) is 0 Å². The maximum Gasteiger partial charge on any atom is 0.311 e. The third-order valence-electron chi connectivity index (χ3n) is 2.86. The SMILES string of the molecule is CC(C)(C)C(=O)OC1CO[C@H]2OCC[C@@H]12. The lowest BCUT2D eigenvalue weighted by molar-refractivity contribution is -0.160. The first-order valence-electron chi connectivity index (χ1n) is 5.43. The van der Waals surface area contributed by atoms with Crippen LogP contribution >= 0.6 is 0 Å². The van der Waals surface area contributed by atoms with Crippen LogP contribution in [0.1, 0.15) is 27.2 Å². The zero-order chi connectivity index (χ0) is 11.1. The van der Waals surface area contributed by atoms with Gasteiger partial charge in [-0.25, -0.2) is 0 Å². The standard InChI is InChI=1S/C11H18O4/c1-11(2,3)10(12)15-8-6-14-9-7(8)4-5-13-9/h7-9H,4-6H2,1-3H3/t7-,8?,9+/m0/s1. The molecule has 0 aliphatic carbocycles. The van der Waals surface area contributed by atoms with Crippen molar-refractivity contribution < 1.29 is 19.0 Å². The van der Waals surface area contributed by atoms with Crippen molar-refractivity contribution in [3.8, 4) is 0 Å². The van der Waals surface area contributed by atoms with E-state index in [0.717, 1.165) is 6.42 Å². The van der Waals surface area contributed by atoms with E-state index in [0.29, 0.717) is 13.2 Å². The number of rotatable bonds is 1. The molecule has 3 atom stereocenters. The molecule has 0 saturated carbocycles. The largest absolute Gasteiger partial charge is 0.459 e. The van der Waals surface area contributed by atoms with Crippen LogP contribution in [-0.2, 0) is 19.0 Å². The first kappa shape index (κ1) is 10.9. The highest BCUT2D eigenvalue weighted by molar-refractivity contribution is 5.75. The molecule has 0 aromatic heterocycles. The van der Waals surface area contributed by atoms with Gasteiger partial charge in [-0.05, 0) is 27.2 Å². The van der Waals surface area contributed by atoms with Gasteiger partial charge in [0.1, 0.15) is 6.10 Å². The molecule has 2 rings (SSSR count). The molecule has 2 aliphatic rings. The van der Waals surface area contributed by atoms with Crippen LogP contribution in [0.4, 0.5) is 0 Å². The van der Waals surface area contributed by atoms with Gasteiger partial charge in [0.25, 0.3) is 0 Å². The van der Waals surface area contributed by atoms with E-state index in [1.54, 1.807) is 0 Å². The van der Waals surface area contributed by atoms with Gasteiger partial charge in [0.15, 0.2) is 6.29 Å². The summed E-state index contributed by atoms with van der Waals surface area (Å²) in [5.41, 5.74) is -0.447. The summed E-state index contributed by atoms with van der Waals surface area (Å²) in [6, 6.07) is 0. The van der Waals surface area contributed by atoms with Crippen LogP contribution in [0.2, 0.25) is 0 Å². The molecule has 4 heteroatoms. The highest BCUT2D eigenvalue weighted by Crippen LogP contribution is 2.34. The summed E-state index contributed by atoms with van der Waals surface area (Å²) in [6.45, 7) is 6.74. The van der Waals surface area contributed by atoms with Gasteiger partial charge >= 0.3 is 5.97 Å². The van der Waals surface area contributed by atoms with Gasteiger partial charge in [-0.15, -0.1) is 0 Å². The summed E-state index contributed by atoms with van der Waals surface area (Å²) < 4.78 is 16.2. The maximum absolute atomic E-state index is 11.7. The van der Waals surface area contributed by atoms with Crippen molar-refractivity contribution >= 4 is 5.97 Å². The highest BCUT2D eigenvalue weighted by atomic mass is 16.7. The normalized spacial score (nSPS) is 35.3. The zero-order valence-electron chi connectivity index (χ0n) is 9.49. The monoisotopic (exact) mass is 214 g/mol. The van der Waals surface area contributed by atoms with E-state index in [-0.39, 0.29) is 24.3 Å². The van der Waals surface area contributed by atoms with Gasteiger partial charge in [0, 0.05) is 0 Å². The second kappa shape index (κ2) is 3.76. The van der Waals surface area contributed by atoms with Crippen LogP contribution in [0.3, 0.4) is 0 Å². The van der Waals surface area contributed by atoms with Crippen molar-refractivity contribution in [2.45, 2.75) is 39.6 Å². The lowest BCUT2D eigenvalue weighted by atomic mass is 9.96. The van der Waals surface area contributed by atoms with Crippen molar-refractivity contribution in [1.82, 2.24) is 0 Å². The van der Waals surface area contributed by atoms with Crippen LogP contribution < -0.4 is 0 Å². The minimum absolute atomic E-state index is 0.121. The highest BCUT2D eigenvalue weighted by Gasteiger charge is 2.44. The third-order valence-corrected chi connectivity index (χ3v) is 2.86. The summed E-state index contributed by atoms with van der Waals surface area (Å²) in [4.78, 5) is 11.7. The fourth-order valence-corrected chi connectivity index (χ4v) is 1.86. The molecule has 2 heterocycles. The second-order valence-electron chi connectivity index (χ2n) is 5.22. The van der Waals surface area contributed by atoms with Gasteiger partial charge in [-0.2, -0.15) is 0 Å². The average molecular weight is 214 g/mol. The first-order chi connectivity index (χ1) is 6.98. The molecule has 0 radical (unpaired) electrons. The molecule has 2 saturated heterocycles. The van der Waals surface area contributed by atoms with Crippen LogP contribution in [0.5, 0.6) is 0 Å². The van der Waals surface area contributed by atoms with E-state index in [9.17, 15) is 4.79 Å². The van der Waals surface area contributed by atoms with Gasteiger partial charge in [0.05, 0.1) is 24.5 Å². The van der Waals surface area contributed by atoms with Crippen molar-refractivity contribution in [1.29, 1.82) is 0 Å². The Bertz CT molecular complexity index is 256. The molecule has 2 fully saturated rings. The minimum atomic E-state index is -0.447. The van der Waals surface area contributed by atoms with Crippen LogP contribution in [0.25, 0.3) is 0 Å². The zero-order valence-corrected chi connectivity index (χ0v) is 9.49. The molecular formula is C11H18O4. The van der Waals surface area contributed by atoms with E-state index >= 15 is 0 Å². The number of ether oxygens (including phenoxy) is 3. The van der Waals surface area contributed by atoms with E-state index in [4.69, 9.17) is 14.2 Å². The molecule has 0 bridgehead atoms. The molecule has 0 amide bonds. The fourth-order valence-electron chi connectivity index (χ4n) is 1.86. The van der Waals surface area contributed by atoms with Gasteiger partial charge in [-0.1, -0.05) is 0 Å². The molecule has 15 heavy (non-hydrogen) atoms. The first-order valence-corrected chi connectivity index (χ1v) is 5.43. The quantitative estimate of drug-likeness (QED) is 0.618. The van der Waals surface area contributed by atoms with Crippen molar-refractivity contribution in [2.75, 3.05) is 13.2 Å². The lowest BCUT2D eigenvalue weighted by Crippen LogP contribution is -2.32. The van der Waals surface area contributed by atoms with Gasteiger partial charge in [-0.3, -0.25) is 4.79 Å². The Balaban J connectivity index is 1.93. The number of hydrogen-bond acceptors (Lipinski definition) is 4. The predicted octanol–water partition coefficient (Wildman–Crippen LogP) is 1.34. The summed E-state index contributed by atoms with van der Waals surface area (Å²) in [7, 11) is 0. The van der Waals surface area contributed by atoms with Crippen LogP contribution in [0, 0.1) is 11.3 Å². The number of carbonyl (C=O) groups excluding carboxylic acids is 1. The smallest absolute Gasteiger partial charge is 0.311 e. The lowest BCUT2D eigenvalue weighted by Gasteiger charge is -2.22. The van der Waals surface area contributed by atoms with E-state index in [2.05, 4.69) is 0 Å². The molecule has 4 nitrogen and oxygen atoms in total. The minimum Gasteiger partial charge on any atom is -0.459 e. The molecule has 2 aliphatic heterocycles. The number of hydrogen-bond donors (Lipinski definition) is 0. The molecule has 0 aromatic rings. The molecule has 0 N–H and O–H groups in total. The second-order valence-corrected chi connectivity index (χ2v) is 5.22. The van der Waals surface area contributed by atoms with Gasteiger partial charge in [0.2, 0.25) is 0 Å². The number of esters is 1. The Morgan fingerprint density at radius 1 is 1.33 bits per heavy atom. The van der Waals surface area contributed by atoms with E-state index in [1.807, 2.05) is 20.8 Å². The molecule has 1 unspecified atom stereocenters. The molecule has 86 valence electrons. The average Bonchev–Trinajstić information content (AvgIpc) is 2.67. The summed E-state index contributed by atoms with van der Waals surface area (Å²) in [6.07, 6.45) is 0.652. The third kappa shape index (κ3) is 2.16. The molecule has 0 spiro atoms. The topological polar surface area (TPSA) is 44.8 Å². The number of fused-ring (bicyclic) bond motifs is 1. The Hall–Kier alpha value is -0.610. The summed E-state index contributed by atoms with van der Waals surface area (Å²) in [5.74, 6) is 0.0694. The van der Waals surface area contributed by atoms with E-state index < -0.39 is 5.41 Å². The van der Waals surface area contributed by atoms with Gasteiger partial charge < -0.3 is 14.2 Å². The van der Waals surface area contributed by atoms with Crippen LogP contribution in [-0.4, -0.2) is 31.6 Å². The van der Waals surface area contributed by atoms with Crippen LogP contribution in [0.15, 0.2) is 0 Å². The van der Waals surface area contributed by atoms with Crippen molar-refractivity contribution in [2.24, 2.45) is 11.3 Å². The Kier molecular flexibility index (Phi) is 2.73. The fraction of sp³-hybridized carbons (Fsp3) is 0.909. The van der Waals surface area contributed by atoms with Crippen molar-refractivity contribution in [3.63, 3.8) is 0 Å². The Morgan fingerprint density at radius 2 is 2.07 bits per heavy atom. The maximum atomic E-state index is 11.7. The summed E-state index contributed by atoms with van der Waals surface area (Å²) in [5, 5.41) is 0. The summed E-state index contributed by atoms with van der Waals surface area (Å²) >= 11 is 0. The molecule has 0 aromatic carbocycles. The number of carbonyl (C=O) groups is 1. The molecular weight excluding hydrogens is 196 g/mol.